The van der Waals surface area contributed by atoms with Crippen LogP contribution in [0.4, 0.5) is 0 Å². The van der Waals surface area contributed by atoms with Crippen molar-refractivity contribution in [2.45, 2.75) is 12.4 Å². The van der Waals surface area contributed by atoms with Crippen LogP contribution in [0.15, 0.2) is 24.3 Å². The van der Waals surface area contributed by atoms with E-state index < -0.39 is 0 Å². The van der Waals surface area contributed by atoms with Gasteiger partial charge < -0.3 is 0 Å². The zero-order valence-electron chi connectivity index (χ0n) is 6.02. The molecule has 0 atom stereocenters. The van der Waals surface area contributed by atoms with Crippen LogP contribution in [0.5, 0.6) is 0 Å². The molecular weight excluding hydrogens is 161 g/mol. The first kappa shape index (κ1) is 6.96. The Morgan fingerprint density at radius 2 is 1.67 bits per heavy atom. The Bertz CT molecular complexity index is 176. The summed E-state index contributed by atoms with van der Waals surface area (Å²) in [5.41, 5.74) is 3.73. The number of hydrogen-bond donors (Lipinski definition) is 0. The molecule has 0 spiro atoms. The molecule has 1 rings (SSSR count). The van der Waals surface area contributed by atoms with Crippen molar-refractivity contribution in [2.75, 3.05) is 0 Å². The molecule has 0 heterocycles. The number of rotatable bonds is 1. The van der Waals surface area contributed by atoms with Crippen LogP contribution in [0.2, 0.25) is 5.52 Å². The Morgan fingerprint density at radius 1 is 1.11 bits per heavy atom. The van der Waals surface area contributed by atoms with Gasteiger partial charge >= 0.3 is 63.6 Å². The molecule has 0 unspecified atom stereocenters. The van der Waals surface area contributed by atoms with E-state index in [2.05, 4.69) is 36.7 Å². The van der Waals surface area contributed by atoms with Gasteiger partial charge in [0.15, 0.2) is 0 Å². The average Bonchev–Trinajstić information content (AvgIpc) is 1.90. The second-order valence-electron chi connectivity index (χ2n) is 2.34. The Balaban J connectivity index is 2.88. The van der Waals surface area contributed by atoms with Crippen molar-refractivity contribution in [1.29, 1.82) is 0 Å². The molecule has 0 fully saturated rings. The van der Waals surface area contributed by atoms with Crippen LogP contribution >= 0.6 is 0 Å². The standard InChI is InChI=1S/C7H7.CH3.Zn/c1-7-5-3-2-4-6-7;;/h3-6H,1H3;1H3;. The van der Waals surface area contributed by atoms with E-state index in [1.54, 1.807) is 4.16 Å². The molecule has 0 nitrogen and oxygen atoms in total. The van der Waals surface area contributed by atoms with E-state index >= 15 is 0 Å². The van der Waals surface area contributed by atoms with Crippen LogP contribution in [-0.4, -0.2) is 0 Å². The molecule has 0 aliphatic rings. The molecule has 0 aliphatic heterocycles. The number of benzene rings is 1. The normalized spacial score (nSPS) is 8.67. The van der Waals surface area contributed by atoms with Gasteiger partial charge in [0.1, 0.15) is 0 Å². The number of aryl methyl sites for hydroxylation is 1. The van der Waals surface area contributed by atoms with E-state index in [-0.39, 0.29) is 17.1 Å². The zero-order chi connectivity index (χ0) is 6.69. The van der Waals surface area contributed by atoms with E-state index in [0.717, 1.165) is 0 Å². The maximum absolute atomic E-state index is 2.36. The third-order valence-electron chi connectivity index (χ3n) is 1.53. The van der Waals surface area contributed by atoms with Crippen LogP contribution < -0.4 is 4.16 Å². The summed E-state index contributed by atoms with van der Waals surface area (Å²) in [4.78, 5) is 0. The molecule has 1 aromatic carbocycles. The van der Waals surface area contributed by atoms with E-state index in [9.17, 15) is 0 Å². The summed E-state index contributed by atoms with van der Waals surface area (Å²) < 4.78 is 1.60. The van der Waals surface area contributed by atoms with Crippen molar-refractivity contribution < 1.29 is 17.1 Å². The Labute approximate surface area is 63.9 Å². The van der Waals surface area contributed by atoms with Gasteiger partial charge in [-0.15, -0.1) is 0 Å². The summed E-state index contributed by atoms with van der Waals surface area (Å²) in [5, 5.41) is 0. The van der Waals surface area contributed by atoms with Crippen molar-refractivity contribution in [1.82, 2.24) is 0 Å². The second-order valence-corrected chi connectivity index (χ2v) is 5.54. The molecule has 1 heteroatoms. The third-order valence-corrected chi connectivity index (χ3v) is 4.23. The molecule has 0 N–H and O–H groups in total. The summed E-state index contributed by atoms with van der Waals surface area (Å²) in [7, 11) is 0. The van der Waals surface area contributed by atoms with Crippen LogP contribution in [0.25, 0.3) is 0 Å². The molecular formula is C8H10Zn. The fourth-order valence-electron chi connectivity index (χ4n) is 0.824. The van der Waals surface area contributed by atoms with Gasteiger partial charge in [0.05, 0.1) is 0 Å². The van der Waals surface area contributed by atoms with Gasteiger partial charge in [-0.3, -0.25) is 0 Å². The van der Waals surface area contributed by atoms with Gasteiger partial charge in [-0.2, -0.15) is 0 Å². The first-order valence-electron chi connectivity index (χ1n) is 3.38. The van der Waals surface area contributed by atoms with E-state index in [4.69, 9.17) is 0 Å². The van der Waals surface area contributed by atoms with Crippen molar-refractivity contribution in [2.24, 2.45) is 0 Å². The maximum atomic E-state index is 2.36. The first-order chi connectivity index (χ1) is 4.33. The fourth-order valence-corrected chi connectivity index (χ4v) is 2.31. The molecule has 0 aliphatic carbocycles. The topological polar surface area (TPSA) is 0 Å². The van der Waals surface area contributed by atoms with E-state index in [0.29, 0.717) is 0 Å². The summed E-state index contributed by atoms with van der Waals surface area (Å²) in [6, 6.07) is 8.92. The molecule has 0 saturated heterocycles. The van der Waals surface area contributed by atoms with Crippen LogP contribution in [0.3, 0.4) is 0 Å². The van der Waals surface area contributed by atoms with E-state index in [1.807, 2.05) is 0 Å². The zero-order valence-corrected chi connectivity index (χ0v) is 8.98. The fraction of sp³-hybridized carbons (Fsp3) is 0.250. The SMILES string of the molecule is [CH3][Zn][c]1ccc(C)cc1. The third kappa shape index (κ3) is 1.91. The van der Waals surface area contributed by atoms with Gasteiger partial charge in [0.25, 0.3) is 0 Å². The van der Waals surface area contributed by atoms with Gasteiger partial charge in [-0.25, -0.2) is 0 Å². The summed E-state index contributed by atoms with van der Waals surface area (Å²) >= 11 is -0.297. The Morgan fingerprint density at radius 3 is 2.11 bits per heavy atom. The Kier molecular flexibility index (Phi) is 2.41. The molecule has 9 heavy (non-hydrogen) atoms. The second kappa shape index (κ2) is 3.12. The van der Waals surface area contributed by atoms with Crippen molar-refractivity contribution >= 4 is 4.16 Å². The van der Waals surface area contributed by atoms with Crippen LogP contribution in [-0.2, 0) is 17.1 Å². The van der Waals surface area contributed by atoms with E-state index in [1.165, 1.54) is 5.56 Å². The number of hydrogen-bond acceptors (Lipinski definition) is 0. The summed E-state index contributed by atoms with van der Waals surface area (Å²) in [5.74, 6) is 0. The minimum absolute atomic E-state index is 0.297. The quantitative estimate of drug-likeness (QED) is 0.565. The molecule has 0 aromatic heterocycles. The van der Waals surface area contributed by atoms with Gasteiger partial charge in [0, 0.05) is 0 Å². The molecule has 0 saturated carbocycles. The average molecular weight is 172 g/mol. The Hall–Kier alpha value is -0.157. The van der Waals surface area contributed by atoms with Crippen molar-refractivity contribution in [3.63, 3.8) is 0 Å². The van der Waals surface area contributed by atoms with Crippen molar-refractivity contribution in [3.8, 4) is 0 Å². The van der Waals surface area contributed by atoms with Gasteiger partial charge in [-0.05, 0) is 0 Å². The van der Waals surface area contributed by atoms with Crippen LogP contribution in [0, 0.1) is 6.92 Å². The predicted molar refractivity (Wildman–Crippen MR) is 36.7 cm³/mol. The summed E-state index contributed by atoms with van der Waals surface area (Å²) in [6.07, 6.45) is 0. The first-order valence-corrected chi connectivity index (χ1v) is 7.83. The molecule has 1 aromatic rings. The molecule has 44 valence electrons. The van der Waals surface area contributed by atoms with Crippen molar-refractivity contribution in [3.05, 3.63) is 29.8 Å². The minimum atomic E-state index is -0.297. The monoisotopic (exact) mass is 170 g/mol. The molecule has 0 radical (unpaired) electrons. The summed E-state index contributed by atoms with van der Waals surface area (Å²) in [6.45, 7) is 2.13. The van der Waals surface area contributed by atoms with Gasteiger partial charge in [-0.1, -0.05) is 0 Å². The van der Waals surface area contributed by atoms with Crippen LogP contribution in [0.1, 0.15) is 5.56 Å². The molecule has 0 amide bonds. The van der Waals surface area contributed by atoms with Gasteiger partial charge in [0.2, 0.25) is 0 Å². The predicted octanol–water partition coefficient (Wildman–Crippen LogP) is 1.75. The molecule has 0 bridgehead atoms.